The molecule has 8 heteroatoms. The van der Waals surface area contributed by atoms with Crippen LogP contribution in [0, 0.1) is 12.8 Å². The lowest BCUT2D eigenvalue weighted by Gasteiger charge is -2.57. The van der Waals surface area contributed by atoms with Gasteiger partial charge in [0.1, 0.15) is 11.8 Å². The van der Waals surface area contributed by atoms with E-state index in [0.717, 1.165) is 54.1 Å². The molecule has 2 fully saturated rings. The van der Waals surface area contributed by atoms with E-state index in [-0.39, 0.29) is 23.3 Å². The Bertz CT molecular complexity index is 1640. The quantitative estimate of drug-likeness (QED) is 0.478. The Labute approximate surface area is 252 Å². The standard InChI is InChI=1S/C35H40N4O4/c1-20-24-19-25-26-18-22-10-11-27(42-4)31-28(22)35(25,14-15-38(26)3)32(43-31)30(24)36-29(20)33(41)39-16-12-34(13-17-39,37-21(2)40)23-8-6-5-7-9-23/h5-11,25-26,32,36H,12-19H2,1-4H3,(H,37,40)/t25-,26+,32-,35?/m0/s1. The maximum Gasteiger partial charge on any atom is 0.270 e. The maximum absolute atomic E-state index is 14.2. The lowest BCUT2D eigenvalue weighted by Crippen LogP contribution is -2.62. The molecule has 2 saturated heterocycles. The second kappa shape index (κ2) is 9.36. The number of H-pyrrole nitrogens is 1. The number of ether oxygens (including phenoxy) is 2. The second-order valence-electron chi connectivity index (χ2n) is 13.4. The summed E-state index contributed by atoms with van der Waals surface area (Å²) in [5, 5.41) is 3.23. The number of fused-ring (bicyclic) bond motifs is 2. The van der Waals surface area contributed by atoms with Gasteiger partial charge in [0, 0.05) is 37.0 Å². The van der Waals surface area contributed by atoms with E-state index in [0.29, 0.717) is 43.6 Å². The second-order valence-corrected chi connectivity index (χ2v) is 13.4. The number of rotatable bonds is 4. The molecule has 2 bridgehead atoms. The van der Waals surface area contributed by atoms with Crippen LogP contribution in [0.1, 0.15) is 76.3 Å². The van der Waals surface area contributed by atoms with Crippen LogP contribution in [0.4, 0.5) is 0 Å². The molecule has 224 valence electrons. The summed E-state index contributed by atoms with van der Waals surface area (Å²) >= 11 is 0. The molecule has 3 aliphatic heterocycles. The zero-order valence-corrected chi connectivity index (χ0v) is 25.5. The molecule has 43 heavy (non-hydrogen) atoms. The summed E-state index contributed by atoms with van der Waals surface area (Å²) in [6.07, 6.45) is 4.17. The summed E-state index contributed by atoms with van der Waals surface area (Å²) in [4.78, 5) is 34.6. The molecule has 8 nitrogen and oxygen atoms in total. The fraction of sp³-hybridized carbons (Fsp3) is 0.486. The van der Waals surface area contributed by atoms with Gasteiger partial charge in [-0.25, -0.2) is 0 Å². The normalized spacial score (nSPS) is 28.0. The molecule has 1 unspecified atom stereocenters. The fourth-order valence-electron chi connectivity index (χ4n) is 9.48. The molecule has 5 aliphatic rings. The number of nitrogens with one attached hydrogen (secondary N) is 2. The average Bonchev–Trinajstić information content (AvgIpc) is 3.53. The molecule has 4 atom stereocenters. The topological polar surface area (TPSA) is 86.9 Å². The number of aromatic nitrogens is 1. The van der Waals surface area contributed by atoms with Gasteiger partial charge in [0.15, 0.2) is 11.5 Å². The molecular weight excluding hydrogens is 540 g/mol. The van der Waals surface area contributed by atoms with Crippen LogP contribution in [-0.4, -0.2) is 66.4 Å². The van der Waals surface area contributed by atoms with Crippen molar-refractivity contribution >= 4 is 11.8 Å². The van der Waals surface area contributed by atoms with Gasteiger partial charge in [-0.1, -0.05) is 36.4 Å². The molecule has 1 spiro atoms. The SMILES string of the molecule is COc1ccc2c3c1O[C@H]1c4[nH]c(C(=O)N5CCC(NC(C)=O)(c6ccccc6)CC5)c(C)c4C[C@H]4[C@@H](C2)N(C)CCC314. The maximum atomic E-state index is 14.2. The molecule has 4 heterocycles. The van der Waals surface area contributed by atoms with E-state index in [1.807, 2.05) is 23.1 Å². The number of benzene rings is 2. The van der Waals surface area contributed by atoms with Crippen molar-refractivity contribution in [3.63, 3.8) is 0 Å². The highest BCUT2D eigenvalue weighted by atomic mass is 16.5. The minimum Gasteiger partial charge on any atom is -0.493 e. The van der Waals surface area contributed by atoms with Crippen LogP contribution in [-0.2, 0) is 28.6 Å². The summed E-state index contributed by atoms with van der Waals surface area (Å²) in [5.41, 5.74) is 7.29. The van der Waals surface area contributed by atoms with Crippen molar-refractivity contribution in [3.8, 4) is 11.5 Å². The number of nitrogens with zero attached hydrogens (tertiary/aromatic N) is 2. The molecule has 2 amide bonds. The molecule has 3 aromatic rings. The van der Waals surface area contributed by atoms with Crippen molar-refractivity contribution in [2.24, 2.45) is 5.92 Å². The molecule has 0 radical (unpaired) electrons. The number of hydrogen-bond acceptors (Lipinski definition) is 5. The molecule has 2 aromatic carbocycles. The number of likely N-dealkylation sites (tertiary alicyclic amines) is 2. The number of hydrogen-bond donors (Lipinski definition) is 2. The van der Waals surface area contributed by atoms with Crippen molar-refractivity contribution in [1.29, 1.82) is 0 Å². The summed E-state index contributed by atoms with van der Waals surface area (Å²) in [6, 6.07) is 14.9. The number of likely N-dealkylation sites (N-methyl/N-ethyl adjacent to an activating group) is 1. The average molecular weight is 581 g/mol. The van der Waals surface area contributed by atoms with Crippen LogP contribution < -0.4 is 14.8 Å². The van der Waals surface area contributed by atoms with Crippen LogP contribution in [0.5, 0.6) is 11.5 Å². The molecular formula is C35H40N4O4. The largest absolute Gasteiger partial charge is 0.493 e. The summed E-state index contributed by atoms with van der Waals surface area (Å²) in [7, 11) is 3.98. The Balaban J connectivity index is 1.14. The van der Waals surface area contributed by atoms with Gasteiger partial charge in [0.2, 0.25) is 5.91 Å². The molecule has 2 aliphatic carbocycles. The molecule has 0 saturated carbocycles. The highest BCUT2D eigenvalue weighted by Gasteiger charge is 2.65. The van der Waals surface area contributed by atoms with Crippen molar-refractivity contribution in [2.75, 3.05) is 33.8 Å². The number of carbonyl (C=O) groups is 2. The van der Waals surface area contributed by atoms with Crippen molar-refractivity contribution < 1.29 is 19.1 Å². The lowest BCUT2D eigenvalue weighted by atomic mass is 9.51. The van der Waals surface area contributed by atoms with Gasteiger partial charge in [-0.3, -0.25) is 9.59 Å². The molecule has 2 N–H and O–H groups in total. The highest BCUT2D eigenvalue weighted by Crippen LogP contribution is 2.67. The van der Waals surface area contributed by atoms with Gasteiger partial charge in [-0.05, 0) is 86.9 Å². The van der Waals surface area contributed by atoms with E-state index >= 15 is 0 Å². The van der Waals surface area contributed by atoms with E-state index in [4.69, 9.17) is 9.47 Å². The Morgan fingerprint density at radius 1 is 1.05 bits per heavy atom. The van der Waals surface area contributed by atoms with E-state index < -0.39 is 5.54 Å². The number of carbonyl (C=O) groups excluding carboxylic acids is 2. The monoisotopic (exact) mass is 580 g/mol. The summed E-state index contributed by atoms with van der Waals surface area (Å²) < 4.78 is 12.7. The predicted molar refractivity (Wildman–Crippen MR) is 163 cm³/mol. The van der Waals surface area contributed by atoms with E-state index in [1.165, 1.54) is 16.7 Å². The molecule has 1 aromatic heterocycles. The van der Waals surface area contributed by atoms with Gasteiger partial charge in [-0.2, -0.15) is 0 Å². The first-order chi connectivity index (χ1) is 20.8. The lowest BCUT2D eigenvalue weighted by molar-refractivity contribution is -0.121. The minimum atomic E-state index is -0.466. The minimum absolute atomic E-state index is 0.0331. The smallest absolute Gasteiger partial charge is 0.270 e. The van der Waals surface area contributed by atoms with Crippen LogP contribution >= 0.6 is 0 Å². The van der Waals surface area contributed by atoms with Gasteiger partial charge < -0.3 is 29.6 Å². The van der Waals surface area contributed by atoms with Crippen LogP contribution in [0.15, 0.2) is 42.5 Å². The Hall–Kier alpha value is -3.78. The predicted octanol–water partition coefficient (Wildman–Crippen LogP) is 4.40. The van der Waals surface area contributed by atoms with Crippen LogP contribution in [0.3, 0.4) is 0 Å². The van der Waals surface area contributed by atoms with Gasteiger partial charge in [0.25, 0.3) is 5.91 Å². The first-order valence-electron chi connectivity index (χ1n) is 15.7. The number of amides is 2. The highest BCUT2D eigenvalue weighted by molar-refractivity contribution is 5.95. The Kier molecular flexibility index (Phi) is 5.84. The Morgan fingerprint density at radius 3 is 2.53 bits per heavy atom. The third kappa shape index (κ3) is 3.59. The van der Waals surface area contributed by atoms with Gasteiger partial charge in [0.05, 0.1) is 18.3 Å². The van der Waals surface area contributed by atoms with Crippen LogP contribution in [0.25, 0.3) is 0 Å². The number of aromatic amines is 1. The summed E-state index contributed by atoms with van der Waals surface area (Å²) in [5.74, 6) is 2.10. The first-order valence-corrected chi connectivity index (χ1v) is 15.7. The summed E-state index contributed by atoms with van der Waals surface area (Å²) in [6.45, 7) is 5.85. The van der Waals surface area contributed by atoms with Crippen LogP contribution in [0.2, 0.25) is 0 Å². The number of piperidine rings is 2. The zero-order chi connectivity index (χ0) is 29.7. The van der Waals surface area contributed by atoms with E-state index in [1.54, 1.807) is 14.0 Å². The van der Waals surface area contributed by atoms with Gasteiger partial charge in [-0.15, -0.1) is 0 Å². The van der Waals surface area contributed by atoms with Crippen molar-refractivity contribution in [3.05, 3.63) is 81.7 Å². The van der Waals surface area contributed by atoms with E-state index in [2.05, 4.69) is 53.4 Å². The third-order valence-electron chi connectivity index (χ3n) is 11.6. The first kappa shape index (κ1) is 26.8. The molecule has 8 rings (SSSR count). The van der Waals surface area contributed by atoms with E-state index in [9.17, 15) is 9.59 Å². The Morgan fingerprint density at radius 2 is 1.81 bits per heavy atom. The third-order valence-corrected chi connectivity index (χ3v) is 11.6. The van der Waals surface area contributed by atoms with Gasteiger partial charge >= 0.3 is 0 Å². The number of methoxy groups -OCH3 is 1. The fourth-order valence-corrected chi connectivity index (χ4v) is 9.48. The van der Waals surface area contributed by atoms with Crippen molar-refractivity contribution in [1.82, 2.24) is 20.1 Å². The van der Waals surface area contributed by atoms with Crippen molar-refractivity contribution in [2.45, 2.75) is 69.1 Å². The zero-order valence-electron chi connectivity index (χ0n) is 25.5.